The van der Waals surface area contributed by atoms with Gasteiger partial charge in [0.15, 0.2) is 0 Å². The molecule has 1 aliphatic rings. The van der Waals surface area contributed by atoms with E-state index >= 15 is 0 Å². The predicted octanol–water partition coefficient (Wildman–Crippen LogP) is 3.68. The number of piperidine rings is 1. The summed E-state index contributed by atoms with van der Waals surface area (Å²) in [6.45, 7) is 1.72. The molecule has 1 fully saturated rings. The minimum absolute atomic E-state index is 0.0545. The Morgan fingerprint density at radius 1 is 1.00 bits per heavy atom. The molecule has 0 aliphatic carbocycles. The summed E-state index contributed by atoms with van der Waals surface area (Å²) in [4.78, 5) is 14.1. The Morgan fingerprint density at radius 2 is 1.59 bits per heavy atom. The third kappa shape index (κ3) is 4.39. The predicted molar refractivity (Wildman–Crippen MR) is 95.0 cm³/mol. The first-order chi connectivity index (χ1) is 12.8. The number of anilines is 2. The Labute approximate surface area is 154 Å². The minimum Gasteiger partial charge on any atom is -0.371 e. The van der Waals surface area contributed by atoms with Gasteiger partial charge in [-0.2, -0.15) is 0 Å². The molecule has 2 N–H and O–H groups in total. The quantitative estimate of drug-likeness (QED) is 0.794. The van der Waals surface area contributed by atoms with Crippen LogP contribution in [0.4, 0.5) is 28.9 Å². The molecule has 2 aromatic rings. The van der Waals surface area contributed by atoms with Crippen molar-refractivity contribution >= 4 is 17.3 Å². The lowest BCUT2D eigenvalue weighted by molar-refractivity contribution is 0.101. The van der Waals surface area contributed by atoms with Gasteiger partial charge in [0.1, 0.15) is 28.8 Å². The smallest absolute Gasteiger partial charge is 0.261 e. The standard InChI is InChI=1S/C19H19F4N3O/c1-26(14-2-4-24-5-3-14)15-7-11(20)6-13(10-15)25-19(27)18-16(22)8-12(21)9-17(18)23/h6-10,14,24H,2-5H2,1H3,(H,25,27). The summed E-state index contributed by atoms with van der Waals surface area (Å²) < 4.78 is 54.6. The van der Waals surface area contributed by atoms with Crippen LogP contribution in [0.5, 0.6) is 0 Å². The van der Waals surface area contributed by atoms with Gasteiger partial charge in [-0.15, -0.1) is 0 Å². The van der Waals surface area contributed by atoms with Gasteiger partial charge in [-0.3, -0.25) is 4.79 Å². The Bertz CT molecular complexity index is 830. The van der Waals surface area contributed by atoms with Crippen molar-refractivity contribution in [1.29, 1.82) is 0 Å². The number of hydrogen-bond acceptors (Lipinski definition) is 3. The van der Waals surface area contributed by atoms with Crippen LogP contribution >= 0.6 is 0 Å². The lowest BCUT2D eigenvalue weighted by atomic mass is 10.0. The number of rotatable bonds is 4. The third-order valence-corrected chi connectivity index (χ3v) is 4.64. The maximum absolute atomic E-state index is 14.0. The Hall–Kier alpha value is -2.61. The number of amides is 1. The summed E-state index contributed by atoms with van der Waals surface area (Å²) in [6.07, 6.45) is 1.78. The summed E-state index contributed by atoms with van der Waals surface area (Å²) in [5, 5.41) is 5.53. The molecule has 0 spiro atoms. The second-order valence-corrected chi connectivity index (χ2v) is 6.49. The average molecular weight is 381 g/mol. The molecule has 27 heavy (non-hydrogen) atoms. The van der Waals surface area contributed by atoms with Crippen molar-refractivity contribution in [3.05, 3.63) is 59.2 Å². The molecule has 8 heteroatoms. The number of carbonyl (C=O) groups excluding carboxylic acids is 1. The molecule has 0 bridgehead atoms. The molecule has 4 nitrogen and oxygen atoms in total. The van der Waals surface area contributed by atoms with Crippen molar-refractivity contribution in [2.45, 2.75) is 18.9 Å². The van der Waals surface area contributed by atoms with E-state index in [2.05, 4.69) is 10.6 Å². The van der Waals surface area contributed by atoms with Crippen LogP contribution in [-0.4, -0.2) is 32.1 Å². The first-order valence-corrected chi connectivity index (χ1v) is 8.55. The van der Waals surface area contributed by atoms with Gasteiger partial charge in [-0.25, -0.2) is 17.6 Å². The lowest BCUT2D eigenvalue weighted by Gasteiger charge is -2.33. The van der Waals surface area contributed by atoms with E-state index in [1.54, 1.807) is 0 Å². The van der Waals surface area contributed by atoms with Gasteiger partial charge in [0.2, 0.25) is 0 Å². The number of halogens is 4. The summed E-state index contributed by atoms with van der Waals surface area (Å²) in [5.74, 6) is -5.49. The molecule has 1 aliphatic heterocycles. The van der Waals surface area contributed by atoms with Crippen LogP contribution in [0.1, 0.15) is 23.2 Å². The van der Waals surface area contributed by atoms with Crippen molar-refractivity contribution in [1.82, 2.24) is 5.32 Å². The second kappa shape index (κ2) is 7.96. The van der Waals surface area contributed by atoms with E-state index in [1.807, 2.05) is 11.9 Å². The molecular formula is C19H19F4N3O. The lowest BCUT2D eigenvalue weighted by Crippen LogP contribution is -2.41. The fraction of sp³-hybridized carbons (Fsp3) is 0.316. The van der Waals surface area contributed by atoms with Crippen LogP contribution in [-0.2, 0) is 0 Å². The molecule has 1 heterocycles. The second-order valence-electron chi connectivity index (χ2n) is 6.49. The summed E-state index contributed by atoms with van der Waals surface area (Å²) >= 11 is 0. The Balaban J connectivity index is 1.83. The van der Waals surface area contributed by atoms with Crippen molar-refractivity contribution in [3.63, 3.8) is 0 Å². The van der Waals surface area contributed by atoms with E-state index in [-0.39, 0.29) is 11.7 Å². The van der Waals surface area contributed by atoms with Gasteiger partial charge >= 0.3 is 0 Å². The number of carbonyl (C=O) groups is 1. The van der Waals surface area contributed by atoms with Gasteiger partial charge in [-0.05, 0) is 44.1 Å². The van der Waals surface area contributed by atoms with Gasteiger partial charge in [0.05, 0.1) is 0 Å². The Morgan fingerprint density at radius 3 is 2.22 bits per heavy atom. The zero-order chi connectivity index (χ0) is 19.6. The fourth-order valence-corrected chi connectivity index (χ4v) is 3.21. The molecule has 0 unspecified atom stereocenters. The summed E-state index contributed by atoms with van der Waals surface area (Å²) in [5.41, 5.74) is -0.329. The van der Waals surface area contributed by atoms with Crippen molar-refractivity contribution in [2.24, 2.45) is 0 Å². The number of hydrogen-bond donors (Lipinski definition) is 2. The van der Waals surface area contributed by atoms with E-state index in [4.69, 9.17) is 0 Å². The summed E-state index contributed by atoms with van der Waals surface area (Å²) in [7, 11) is 1.83. The van der Waals surface area contributed by atoms with E-state index < -0.39 is 34.7 Å². The number of benzene rings is 2. The van der Waals surface area contributed by atoms with E-state index in [9.17, 15) is 22.4 Å². The van der Waals surface area contributed by atoms with E-state index in [1.165, 1.54) is 12.1 Å². The topological polar surface area (TPSA) is 44.4 Å². The van der Waals surface area contributed by atoms with Crippen LogP contribution in [0.25, 0.3) is 0 Å². The molecule has 2 aromatic carbocycles. The normalized spacial score (nSPS) is 14.9. The highest BCUT2D eigenvalue weighted by Gasteiger charge is 2.21. The van der Waals surface area contributed by atoms with Crippen LogP contribution in [0.2, 0.25) is 0 Å². The minimum atomic E-state index is -1.33. The monoisotopic (exact) mass is 381 g/mol. The zero-order valence-corrected chi connectivity index (χ0v) is 14.7. The van der Waals surface area contributed by atoms with Gasteiger partial charge in [0.25, 0.3) is 5.91 Å². The van der Waals surface area contributed by atoms with Crippen LogP contribution in [0, 0.1) is 23.3 Å². The highest BCUT2D eigenvalue weighted by Crippen LogP contribution is 2.26. The van der Waals surface area contributed by atoms with Crippen molar-refractivity contribution in [3.8, 4) is 0 Å². The number of nitrogens with one attached hydrogen (secondary N) is 2. The molecule has 1 amide bonds. The van der Waals surface area contributed by atoms with E-state index in [0.29, 0.717) is 17.8 Å². The molecule has 0 saturated carbocycles. The van der Waals surface area contributed by atoms with Crippen molar-refractivity contribution in [2.75, 3.05) is 30.4 Å². The zero-order valence-electron chi connectivity index (χ0n) is 14.7. The highest BCUT2D eigenvalue weighted by molar-refractivity contribution is 6.04. The van der Waals surface area contributed by atoms with Crippen LogP contribution in [0.15, 0.2) is 30.3 Å². The molecule has 3 rings (SSSR count). The maximum atomic E-state index is 14.0. The first kappa shape index (κ1) is 19.2. The van der Waals surface area contributed by atoms with Crippen LogP contribution < -0.4 is 15.5 Å². The highest BCUT2D eigenvalue weighted by atomic mass is 19.1. The van der Waals surface area contributed by atoms with Gasteiger partial charge in [0, 0.05) is 36.6 Å². The average Bonchev–Trinajstić information content (AvgIpc) is 2.60. The molecule has 0 aromatic heterocycles. The summed E-state index contributed by atoms with van der Waals surface area (Å²) in [6, 6.07) is 4.96. The van der Waals surface area contributed by atoms with Crippen molar-refractivity contribution < 1.29 is 22.4 Å². The maximum Gasteiger partial charge on any atom is 0.261 e. The van der Waals surface area contributed by atoms with Gasteiger partial charge in [-0.1, -0.05) is 0 Å². The molecule has 0 radical (unpaired) electrons. The molecule has 1 saturated heterocycles. The van der Waals surface area contributed by atoms with E-state index in [0.717, 1.165) is 32.0 Å². The molecule has 144 valence electrons. The SMILES string of the molecule is CN(c1cc(F)cc(NC(=O)c2c(F)cc(F)cc2F)c1)C1CCNCC1. The fourth-order valence-electron chi connectivity index (χ4n) is 3.21. The molecular weight excluding hydrogens is 362 g/mol. The third-order valence-electron chi connectivity index (χ3n) is 4.64. The van der Waals surface area contributed by atoms with Crippen LogP contribution in [0.3, 0.4) is 0 Å². The number of nitrogens with zero attached hydrogens (tertiary/aromatic N) is 1. The molecule has 0 atom stereocenters. The first-order valence-electron chi connectivity index (χ1n) is 8.55. The van der Waals surface area contributed by atoms with Gasteiger partial charge < -0.3 is 15.5 Å². The largest absolute Gasteiger partial charge is 0.371 e. The Kier molecular flexibility index (Phi) is 5.65.